The summed E-state index contributed by atoms with van der Waals surface area (Å²) in [5, 5.41) is 6.81. The van der Waals surface area contributed by atoms with E-state index in [2.05, 4.69) is 20.2 Å². The van der Waals surface area contributed by atoms with Crippen molar-refractivity contribution >= 4 is 27.3 Å². The average molecular weight is 477 g/mol. The Morgan fingerprint density at radius 2 is 1.50 bits per heavy atom. The van der Waals surface area contributed by atoms with E-state index in [4.69, 9.17) is 4.52 Å². The van der Waals surface area contributed by atoms with E-state index in [-0.39, 0.29) is 16.2 Å². The molecule has 0 fully saturated rings. The number of carbonyl (C=O) groups excluding carboxylic acids is 1. The van der Waals surface area contributed by atoms with Crippen LogP contribution in [0.3, 0.4) is 0 Å². The minimum atomic E-state index is -3.75. The van der Waals surface area contributed by atoms with Crippen LogP contribution in [0.15, 0.2) is 88.3 Å². The number of aromatic nitrogens is 2. The maximum Gasteiger partial charge on any atom is 0.261 e. The molecule has 8 nitrogen and oxygen atoms in total. The lowest BCUT2D eigenvalue weighted by Gasteiger charge is -2.10. The van der Waals surface area contributed by atoms with Crippen molar-refractivity contribution in [3.8, 4) is 11.4 Å². The van der Waals surface area contributed by atoms with Crippen molar-refractivity contribution in [1.82, 2.24) is 10.1 Å². The summed E-state index contributed by atoms with van der Waals surface area (Å²) < 4.78 is 32.9. The summed E-state index contributed by atoms with van der Waals surface area (Å²) in [6, 6.07) is 21.4. The smallest absolute Gasteiger partial charge is 0.261 e. The van der Waals surface area contributed by atoms with Crippen molar-refractivity contribution in [1.29, 1.82) is 0 Å². The van der Waals surface area contributed by atoms with Gasteiger partial charge in [-0.2, -0.15) is 4.98 Å². The number of sulfonamides is 1. The van der Waals surface area contributed by atoms with Gasteiger partial charge in [0.05, 0.1) is 4.90 Å². The number of rotatable bonds is 6. The van der Waals surface area contributed by atoms with Crippen LogP contribution in [0.1, 0.15) is 37.0 Å². The van der Waals surface area contributed by atoms with Gasteiger partial charge in [-0.05, 0) is 60.7 Å². The van der Waals surface area contributed by atoms with Crippen LogP contribution in [0.25, 0.3) is 11.4 Å². The average Bonchev–Trinajstić information content (AvgIpc) is 3.31. The molecule has 0 aliphatic carbocycles. The molecule has 0 unspecified atom stereocenters. The van der Waals surface area contributed by atoms with Crippen molar-refractivity contribution in [3.63, 3.8) is 0 Å². The Labute approximate surface area is 198 Å². The minimum Gasteiger partial charge on any atom is -0.338 e. The third-order valence-corrected chi connectivity index (χ3v) is 6.32. The fourth-order valence-corrected chi connectivity index (χ4v) is 4.12. The lowest BCUT2D eigenvalue weighted by Crippen LogP contribution is -2.14. The number of para-hydroxylation sites is 1. The molecular formula is C25H24N4O4S. The first-order valence-electron chi connectivity index (χ1n) is 10.6. The van der Waals surface area contributed by atoms with Crippen LogP contribution in [0.5, 0.6) is 0 Å². The molecule has 0 aliphatic heterocycles. The quantitative estimate of drug-likeness (QED) is 0.401. The van der Waals surface area contributed by atoms with Gasteiger partial charge in [-0.15, -0.1) is 0 Å². The molecule has 2 N–H and O–H groups in total. The van der Waals surface area contributed by atoms with Gasteiger partial charge in [0.2, 0.25) is 11.7 Å². The van der Waals surface area contributed by atoms with Gasteiger partial charge in [0.25, 0.3) is 15.9 Å². The lowest BCUT2D eigenvalue weighted by molar-refractivity contribution is 0.102. The van der Waals surface area contributed by atoms with Gasteiger partial charge in [-0.3, -0.25) is 9.52 Å². The summed E-state index contributed by atoms with van der Waals surface area (Å²) in [7, 11) is -3.75. The van der Waals surface area contributed by atoms with E-state index in [1.807, 2.05) is 20.8 Å². The molecule has 0 spiro atoms. The maximum absolute atomic E-state index is 12.6. The molecule has 34 heavy (non-hydrogen) atoms. The predicted molar refractivity (Wildman–Crippen MR) is 130 cm³/mol. The summed E-state index contributed by atoms with van der Waals surface area (Å²) in [4.78, 5) is 17.1. The predicted octanol–water partition coefficient (Wildman–Crippen LogP) is 5.09. The number of benzene rings is 3. The molecular weight excluding hydrogens is 452 g/mol. The SMILES string of the molecule is CC(C)(C)c1nc(-c2ccc(NC(=O)c3ccc(S(=O)(=O)Nc4ccccc4)cc3)cc2)no1. The summed E-state index contributed by atoms with van der Waals surface area (Å²) in [6.45, 7) is 5.97. The molecule has 1 heterocycles. The molecule has 0 atom stereocenters. The maximum atomic E-state index is 12.6. The molecule has 4 rings (SSSR count). The fourth-order valence-electron chi connectivity index (χ4n) is 3.06. The largest absolute Gasteiger partial charge is 0.338 e. The Morgan fingerprint density at radius 3 is 2.09 bits per heavy atom. The molecule has 3 aromatic carbocycles. The number of nitrogens with zero attached hydrogens (tertiary/aromatic N) is 2. The molecule has 0 saturated heterocycles. The van der Waals surface area contributed by atoms with Crippen molar-refractivity contribution in [2.75, 3.05) is 10.0 Å². The summed E-state index contributed by atoms with van der Waals surface area (Å²) >= 11 is 0. The number of anilines is 2. The standard InChI is InChI=1S/C25H24N4O4S/c1-25(2,3)24-27-22(28-33-24)17-9-13-19(14-10-17)26-23(30)18-11-15-21(16-12-18)34(31,32)29-20-7-5-4-6-8-20/h4-16,29H,1-3H3,(H,26,30). The van der Waals surface area contributed by atoms with Crippen LogP contribution in [-0.4, -0.2) is 24.5 Å². The van der Waals surface area contributed by atoms with E-state index in [1.165, 1.54) is 24.3 Å². The van der Waals surface area contributed by atoms with Crippen LogP contribution in [0, 0.1) is 0 Å². The van der Waals surface area contributed by atoms with Crippen molar-refractivity contribution < 1.29 is 17.7 Å². The molecule has 0 radical (unpaired) electrons. The summed E-state index contributed by atoms with van der Waals surface area (Å²) in [6.07, 6.45) is 0. The van der Waals surface area contributed by atoms with Crippen LogP contribution >= 0.6 is 0 Å². The van der Waals surface area contributed by atoms with Crippen LogP contribution in [0.2, 0.25) is 0 Å². The van der Waals surface area contributed by atoms with Gasteiger partial charge >= 0.3 is 0 Å². The molecule has 9 heteroatoms. The van der Waals surface area contributed by atoms with E-state index in [1.54, 1.807) is 54.6 Å². The molecule has 174 valence electrons. The molecule has 0 bridgehead atoms. The Bertz CT molecular complexity index is 1390. The number of carbonyl (C=O) groups is 1. The fraction of sp³-hybridized carbons (Fsp3) is 0.160. The first-order chi connectivity index (χ1) is 16.1. The minimum absolute atomic E-state index is 0.0620. The Kier molecular flexibility index (Phi) is 6.21. The number of amides is 1. The number of hydrogen-bond donors (Lipinski definition) is 2. The highest BCUT2D eigenvalue weighted by molar-refractivity contribution is 7.92. The Hall–Kier alpha value is -3.98. The van der Waals surface area contributed by atoms with E-state index >= 15 is 0 Å². The molecule has 1 aromatic heterocycles. The zero-order valence-electron chi connectivity index (χ0n) is 18.9. The van der Waals surface area contributed by atoms with E-state index in [0.29, 0.717) is 28.7 Å². The Balaban J connectivity index is 1.42. The van der Waals surface area contributed by atoms with Gasteiger partial charge in [-0.1, -0.05) is 44.1 Å². The first-order valence-corrected chi connectivity index (χ1v) is 12.0. The first kappa shape index (κ1) is 23.2. The molecule has 1 amide bonds. The van der Waals surface area contributed by atoms with Crippen LogP contribution in [0.4, 0.5) is 11.4 Å². The van der Waals surface area contributed by atoms with E-state index in [9.17, 15) is 13.2 Å². The zero-order chi connectivity index (χ0) is 24.3. The molecule has 0 aliphatic rings. The topological polar surface area (TPSA) is 114 Å². The van der Waals surface area contributed by atoms with E-state index in [0.717, 1.165) is 5.56 Å². The van der Waals surface area contributed by atoms with Gasteiger partial charge in [0.15, 0.2) is 0 Å². The van der Waals surface area contributed by atoms with Crippen molar-refractivity contribution in [2.45, 2.75) is 31.1 Å². The summed E-state index contributed by atoms with van der Waals surface area (Å²) in [5.41, 5.74) is 1.89. The van der Waals surface area contributed by atoms with Gasteiger partial charge in [0, 0.05) is 27.9 Å². The number of nitrogens with one attached hydrogen (secondary N) is 2. The highest BCUT2D eigenvalue weighted by Crippen LogP contribution is 2.25. The van der Waals surface area contributed by atoms with Gasteiger partial charge in [-0.25, -0.2) is 8.42 Å². The number of hydrogen-bond acceptors (Lipinski definition) is 6. The van der Waals surface area contributed by atoms with Crippen LogP contribution in [-0.2, 0) is 15.4 Å². The summed E-state index contributed by atoms with van der Waals surface area (Å²) in [5.74, 6) is 0.662. The normalized spacial score (nSPS) is 11.7. The zero-order valence-corrected chi connectivity index (χ0v) is 19.8. The van der Waals surface area contributed by atoms with Gasteiger partial charge in [0.1, 0.15) is 0 Å². The monoisotopic (exact) mass is 476 g/mol. The van der Waals surface area contributed by atoms with Gasteiger partial charge < -0.3 is 9.84 Å². The highest BCUT2D eigenvalue weighted by atomic mass is 32.2. The second-order valence-electron chi connectivity index (χ2n) is 8.70. The molecule has 4 aromatic rings. The molecule has 0 saturated carbocycles. The Morgan fingerprint density at radius 1 is 0.853 bits per heavy atom. The third-order valence-electron chi connectivity index (χ3n) is 4.92. The van der Waals surface area contributed by atoms with Crippen molar-refractivity contribution in [2.24, 2.45) is 0 Å². The van der Waals surface area contributed by atoms with Crippen LogP contribution < -0.4 is 10.0 Å². The second-order valence-corrected chi connectivity index (χ2v) is 10.4. The lowest BCUT2D eigenvalue weighted by atomic mass is 9.97. The van der Waals surface area contributed by atoms with E-state index < -0.39 is 10.0 Å². The third kappa shape index (κ3) is 5.32. The second kappa shape index (κ2) is 9.11. The van der Waals surface area contributed by atoms with Crippen molar-refractivity contribution in [3.05, 3.63) is 90.3 Å². The highest BCUT2D eigenvalue weighted by Gasteiger charge is 2.22.